The van der Waals surface area contributed by atoms with Gasteiger partial charge in [-0.1, -0.05) is 36.4 Å². The first-order valence-corrected chi connectivity index (χ1v) is 8.60. The van der Waals surface area contributed by atoms with E-state index in [1.54, 1.807) is 0 Å². The Morgan fingerprint density at radius 3 is 2.14 bits per heavy atom. The number of nitrogens with zero attached hydrogens (tertiary/aromatic N) is 2. The monoisotopic (exact) mass is 405 g/mol. The van der Waals surface area contributed by atoms with Gasteiger partial charge in [-0.3, -0.25) is 4.90 Å². The minimum Gasteiger partial charge on any atom is -0.292 e. The number of quaternary nitrogens is 1. The van der Waals surface area contributed by atoms with Crippen LogP contribution in [0.1, 0.15) is 23.6 Å². The molecule has 0 spiro atoms. The molecular weight excluding hydrogens is 383 g/mol. The summed E-state index contributed by atoms with van der Waals surface area (Å²) in [4.78, 5) is 2.38. The summed E-state index contributed by atoms with van der Waals surface area (Å²) in [6.45, 7) is 8.88. The number of hydrogen-bond acceptors (Lipinski definition) is 1. The van der Waals surface area contributed by atoms with Gasteiger partial charge in [0.25, 0.3) is 22.9 Å². The molecule has 22 heavy (non-hydrogen) atoms. The lowest BCUT2D eigenvalue weighted by Crippen LogP contribution is -2.46. The average molecular weight is 405 g/mol. The van der Waals surface area contributed by atoms with E-state index in [-0.39, 0.29) is 0 Å². The van der Waals surface area contributed by atoms with Gasteiger partial charge in [0.15, 0.2) is 11.9 Å². The quantitative estimate of drug-likeness (QED) is 0.464. The number of halogens is 1. The molecule has 0 N–H and O–H groups in total. The molecule has 1 unspecified atom stereocenters. The van der Waals surface area contributed by atoms with Crippen molar-refractivity contribution in [3.05, 3.63) is 71.6 Å². The van der Waals surface area contributed by atoms with E-state index in [2.05, 4.69) is 110 Å². The van der Waals surface area contributed by atoms with E-state index >= 15 is 0 Å². The summed E-state index contributed by atoms with van der Waals surface area (Å²) in [5.74, 6) is 0. The van der Waals surface area contributed by atoms with Crippen LogP contribution in [0, 0.1) is 20.8 Å². The van der Waals surface area contributed by atoms with Crippen LogP contribution in [0.15, 0.2) is 54.9 Å². The van der Waals surface area contributed by atoms with Crippen LogP contribution >= 0.6 is 22.9 Å². The summed E-state index contributed by atoms with van der Waals surface area (Å²) in [6.07, 6.45) is 4.85. The van der Waals surface area contributed by atoms with Gasteiger partial charge in [-0.2, -0.15) is 2.70 Å². The molecule has 0 amide bonds. The van der Waals surface area contributed by atoms with Gasteiger partial charge in [0, 0.05) is 23.7 Å². The van der Waals surface area contributed by atoms with Crippen molar-refractivity contribution < 1.29 is 0 Å². The first-order chi connectivity index (χ1) is 10.4. The van der Waals surface area contributed by atoms with E-state index in [0.29, 0.717) is 6.17 Å². The second-order valence-corrected chi connectivity index (χ2v) is 7.65. The largest absolute Gasteiger partial charge is 0.292 e. The fourth-order valence-electron chi connectivity index (χ4n) is 3.34. The summed E-state index contributed by atoms with van der Waals surface area (Å²) in [5.41, 5.74) is 6.68. The Bertz CT molecular complexity index is 718. The second-order valence-electron chi connectivity index (χ2n) is 6.05. The van der Waals surface area contributed by atoms with Crippen molar-refractivity contribution in [3.8, 4) is 0 Å². The van der Waals surface area contributed by atoms with Crippen LogP contribution in [0.25, 0.3) is 0 Å². The van der Waals surface area contributed by atoms with Gasteiger partial charge in [-0.15, -0.1) is 0 Å². The third-order valence-electron chi connectivity index (χ3n) is 4.57. The van der Waals surface area contributed by atoms with Gasteiger partial charge in [-0.05, 0) is 32.4 Å². The van der Waals surface area contributed by atoms with Crippen LogP contribution in [-0.2, 0) is 0 Å². The van der Waals surface area contributed by atoms with Gasteiger partial charge in [0.05, 0.1) is 6.20 Å². The highest BCUT2D eigenvalue weighted by Crippen LogP contribution is 2.43. The predicted octanol–water partition coefficient (Wildman–Crippen LogP) is 5.61. The van der Waals surface area contributed by atoms with E-state index < -0.39 is 0 Å². The molecule has 0 aromatic heterocycles. The summed E-state index contributed by atoms with van der Waals surface area (Å²) >= 11 is 2.57. The van der Waals surface area contributed by atoms with Crippen molar-refractivity contribution in [1.29, 1.82) is 0 Å². The van der Waals surface area contributed by atoms with Gasteiger partial charge in [0.1, 0.15) is 6.20 Å². The molecule has 0 aliphatic carbocycles. The van der Waals surface area contributed by atoms with Crippen LogP contribution in [-0.4, -0.2) is 6.17 Å². The lowest BCUT2D eigenvalue weighted by atomic mass is 10.1. The smallest absolute Gasteiger partial charge is 0.262 e. The van der Waals surface area contributed by atoms with Crippen molar-refractivity contribution in [2.75, 3.05) is 4.90 Å². The maximum Gasteiger partial charge on any atom is 0.262 e. The van der Waals surface area contributed by atoms with Crippen molar-refractivity contribution in [2.24, 2.45) is 0 Å². The Balaban J connectivity index is 2.06. The lowest BCUT2D eigenvalue weighted by molar-refractivity contribution is 0.526. The maximum absolute atomic E-state index is 2.57. The van der Waals surface area contributed by atoms with Crippen molar-refractivity contribution >= 4 is 34.2 Å². The highest BCUT2D eigenvalue weighted by molar-refractivity contribution is 14.1. The van der Waals surface area contributed by atoms with E-state index in [0.717, 1.165) is 2.70 Å². The number of benzene rings is 2. The van der Waals surface area contributed by atoms with E-state index in [1.165, 1.54) is 28.1 Å². The number of aryl methyl sites for hydroxylation is 3. The van der Waals surface area contributed by atoms with Crippen molar-refractivity contribution in [2.45, 2.75) is 33.9 Å². The zero-order valence-electron chi connectivity index (χ0n) is 13.5. The Kier molecular flexibility index (Phi) is 4.03. The number of rotatable bonds is 2. The van der Waals surface area contributed by atoms with Gasteiger partial charge in [-0.25, -0.2) is 0 Å². The molecule has 0 radical (unpaired) electrons. The Morgan fingerprint density at radius 2 is 1.50 bits per heavy atom. The highest BCUT2D eigenvalue weighted by atomic mass is 127. The molecule has 2 nitrogen and oxygen atoms in total. The van der Waals surface area contributed by atoms with Gasteiger partial charge in [0.2, 0.25) is 0 Å². The minimum absolute atomic E-state index is 0.321. The molecule has 0 bridgehead atoms. The third-order valence-corrected chi connectivity index (χ3v) is 6.18. The molecule has 0 fully saturated rings. The molecule has 3 rings (SSSR count). The maximum atomic E-state index is 2.57. The van der Waals surface area contributed by atoms with Gasteiger partial charge < -0.3 is 0 Å². The summed E-state index contributed by atoms with van der Waals surface area (Å²) in [5, 5.41) is 0. The van der Waals surface area contributed by atoms with E-state index in [1.807, 2.05) is 0 Å². The van der Waals surface area contributed by atoms with E-state index in [9.17, 15) is 0 Å². The zero-order chi connectivity index (χ0) is 15.9. The van der Waals surface area contributed by atoms with Crippen LogP contribution in [0.4, 0.5) is 11.4 Å². The van der Waals surface area contributed by atoms with Crippen LogP contribution in [0.3, 0.4) is 0 Å². The predicted molar refractivity (Wildman–Crippen MR) is 104 cm³/mol. The molecule has 2 aromatic carbocycles. The Hall–Kier alpha value is -1.33. The van der Waals surface area contributed by atoms with E-state index in [4.69, 9.17) is 0 Å². The Morgan fingerprint density at radius 1 is 0.909 bits per heavy atom. The normalized spacial score (nSPS) is 24.0. The fraction of sp³-hybridized carbons (Fsp3) is 0.263. The first kappa shape index (κ1) is 15.6. The SMILES string of the molecule is Cc1ccccc1N1C=C[N+](I)(c2c(C)cccc2C)[C@H]1C. The second kappa shape index (κ2) is 5.70. The summed E-state index contributed by atoms with van der Waals surface area (Å²) < 4.78 is 0.782. The van der Waals surface area contributed by atoms with Crippen molar-refractivity contribution in [3.63, 3.8) is 0 Å². The average Bonchev–Trinajstić information content (AvgIpc) is 2.76. The standard InChI is InChI=1S/C19H22IN2/c1-14-8-5-6-11-18(14)21-12-13-22(20,17(21)4)19-15(2)9-7-10-16(19)3/h5-13,17H,1-4H3/q+1/t17-,22?/m0/s1. The summed E-state index contributed by atoms with van der Waals surface area (Å²) in [7, 11) is 0. The van der Waals surface area contributed by atoms with Crippen LogP contribution < -0.4 is 7.60 Å². The summed E-state index contributed by atoms with van der Waals surface area (Å²) in [6, 6.07) is 15.1. The molecule has 1 aliphatic heterocycles. The molecule has 1 aliphatic rings. The molecule has 0 saturated heterocycles. The third kappa shape index (κ3) is 2.36. The molecule has 114 valence electrons. The molecule has 1 heterocycles. The molecule has 2 atom stereocenters. The topological polar surface area (TPSA) is 3.24 Å². The van der Waals surface area contributed by atoms with Crippen LogP contribution in [0.2, 0.25) is 0 Å². The fourth-order valence-corrected chi connectivity index (χ4v) is 4.51. The molecular formula is C19H22IN2+. The zero-order valence-corrected chi connectivity index (χ0v) is 15.7. The number of hydrogen-bond donors (Lipinski definition) is 0. The molecule has 2 aromatic rings. The van der Waals surface area contributed by atoms with Gasteiger partial charge >= 0.3 is 0 Å². The molecule has 3 heteroatoms. The van der Waals surface area contributed by atoms with Crippen molar-refractivity contribution in [1.82, 2.24) is 2.70 Å². The number of anilines is 1. The number of para-hydroxylation sites is 2. The molecule has 0 saturated carbocycles. The lowest BCUT2D eigenvalue weighted by Gasteiger charge is -2.34. The Labute approximate surface area is 147 Å². The first-order valence-electron chi connectivity index (χ1n) is 7.63. The highest BCUT2D eigenvalue weighted by Gasteiger charge is 2.43. The minimum atomic E-state index is 0.321. The van der Waals surface area contributed by atoms with Crippen LogP contribution in [0.5, 0.6) is 0 Å².